The van der Waals surface area contributed by atoms with Crippen molar-refractivity contribution in [3.63, 3.8) is 0 Å². The molecule has 2 amide bonds. The van der Waals surface area contributed by atoms with Gasteiger partial charge in [0, 0.05) is 9.50 Å². The highest BCUT2D eigenvalue weighted by atomic mass is 79.9. The van der Waals surface area contributed by atoms with Gasteiger partial charge in [-0.3, -0.25) is 20.4 Å². The Labute approximate surface area is 172 Å². The summed E-state index contributed by atoms with van der Waals surface area (Å²) in [4.78, 5) is 23.4. The Bertz CT molecular complexity index is 817. The maximum absolute atomic E-state index is 11.7. The Kier molecular flexibility index (Phi) is 7.74. The number of carbonyl (C=O) groups excluding carboxylic acids is 2. The van der Waals surface area contributed by atoms with E-state index in [9.17, 15) is 9.59 Å². The van der Waals surface area contributed by atoms with Gasteiger partial charge in [-0.2, -0.15) is 0 Å². The number of carbonyl (C=O) groups is 2. The third-order valence-corrected chi connectivity index (χ3v) is 4.84. The molecule has 0 spiro atoms. The number of benzene rings is 2. The molecule has 0 saturated carbocycles. The zero-order chi connectivity index (χ0) is 19.1. The highest BCUT2D eigenvalue weighted by molar-refractivity contribution is 9.10. The van der Waals surface area contributed by atoms with Gasteiger partial charge in [0.05, 0.1) is 4.47 Å². The van der Waals surface area contributed by atoms with Crippen LogP contribution in [0.25, 0.3) is 0 Å². The van der Waals surface area contributed by atoms with Crippen LogP contribution >= 0.6 is 43.5 Å². The second kappa shape index (κ2) is 9.80. The summed E-state index contributed by atoms with van der Waals surface area (Å²) in [7, 11) is 0. The summed E-state index contributed by atoms with van der Waals surface area (Å²) < 4.78 is 12.3. The lowest BCUT2D eigenvalue weighted by Gasteiger charge is -2.11. The minimum atomic E-state index is -0.514. The molecule has 0 aliphatic heterocycles. The van der Waals surface area contributed by atoms with E-state index in [-0.39, 0.29) is 13.2 Å². The number of amides is 2. The van der Waals surface area contributed by atoms with E-state index < -0.39 is 11.8 Å². The SMILES string of the molecule is Cc1cc(OCC(=O)NNC(=O)COc2ccc(Cl)cc2Br)ccc1Br. The van der Waals surface area contributed by atoms with Crippen molar-refractivity contribution in [3.8, 4) is 11.5 Å². The van der Waals surface area contributed by atoms with Gasteiger partial charge in [-0.25, -0.2) is 0 Å². The Hall–Kier alpha value is -1.77. The smallest absolute Gasteiger partial charge is 0.276 e. The molecule has 0 bridgehead atoms. The number of ether oxygens (including phenoxy) is 2. The second-order valence-electron chi connectivity index (χ2n) is 5.16. The van der Waals surface area contributed by atoms with E-state index in [1.165, 1.54) is 0 Å². The van der Waals surface area contributed by atoms with Gasteiger partial charge in [-0.05, 0) is 64.8 Å². The minimum Gasteiger partial charge on any atom is -0.484 e. The van der Waals surface area contributed by atoms with Crippen molar-refractivity contribution in [2.24, 2.45) is 0 Å². The largest absolute Gasteiger partial charge is 0.484 e. The van der Waals surface area contributed by atoms with Crippen molar-refractivity contribution < 1.29 is 19.1 Å². The van der Waals surface area contributed by atoms with Crippen molar-refractivity contribution >= 4 is 55.3 Å². The number of halogens is 3. The van der Waals surface area contributed by atoms with Crippen molar-refractivity contribution in [1.29, 1.82) is 0 Å². The van der Waals surface area contributed by atoms with Gasteiger partial charge in [0.15, 0.2) is 13.2 Å². The van der Waals surface area contributed by atoms with Gasteiger partial charge in [0.25, 0.3) is 11.8 Å². The fourth-order valence-electron chi connectivity index (χ4n) is 1.80. The predicted octanol–water partition coefficient (Wildman–Crippen LogP) is 3.78. The number of hydrazine groups is 1. The summed E-state index contributed by atoms with van der Waals surface area (Å²) in [6.45, 7) is 1.41. The van der Waals surface area contributed by atoms with Crippen LogP contribution in [0.1, 0.15) is 5.56 Å². The lowest BCUT2D eigenvalue weighted by Crippen LogP contribution is -2.45. The van der Waals surface area contributed by atoms with Crippen LogP contribution in [-0.2, 0) is 9.59 Å². The van der Waals surface area contributed by atoms with E-state index in [0.29, 0.717) is 21.0 Å². The van der Waals surface area contributed by atoms with E-state index in [1.54, 1.807) is 30.3 Å². The number of rotatable bonds is 6. The molecule has 9 heteroatoms. The third-order valence-electron chi connectivity index (χ3n) is 3.09. The first-order chi connectivity index (χ1) is 12.3. The lowest BCUT2D eigenvalue weighted by atomic mass is 10.2. The van der Waals surface area contributed by atoms with Gasteiger partial charge in [0.2, 0.25) is 0 Å². The standard InChI is InChI=1S/C17H15Br2ClN2O4/c1-10-6-12(3-4-13(10)18)25-8-16(23)21-22-17(24)9-26-15-5-2-11(20)7-14(15)19/h2-7H,8-9H2,1H3,(H,21,23)(H,22,24). The summed E-state index contributed by atoms with van der Waals surface area (Å²) in [5.74, 6) is 0.0131. The van der Waals surface area contributed by atoms with Crippen molar-refractivity contribution in [2.75, 3.05) is 13.2 Å². The molecule has 26 heavy (non-hydrogen) atoms. The van der Waals surface area contributed by atoms with Crippen LogP contribution in [0, 0.1) is 6.92 Å². The van der Waals surface area contributed by atoms with Crippen LogP contribution in [0.15, 0.2) is 45.3 Å². The van der Waals surface area contributed by atoms with Gasteiger partial charge in [-0.15, -0.1) is 0 Å². The average Bonchev–Trinajstić information content (AvgIpc) is 2.60. The van der Waals surface area contributed by atoms with Gasteiger partial charge >= 0.3 is 0 Å². The van der Waals surface area contributed by atoms with E-state index in [0.717, 1.165) is 10.0 Å². The van der Waals surface area contributed by atoms with Crippen molar-refractivity contribution in [1.82, 2.24) is 10.9 Å². The maximum Gasteiger partial charge on any atom is 0.276 e. The summed E-state index contributed by atoms with van der Waals surface area (Å²) in [5.41, 5.74) is 5.49. The normalized spacial score (nSPS) is 10.2. The molecule has 138 valence electrons. The second-order valence-corrected chi connectivity index (χ2v) is 7.30. The van der Waals surface area contributed by atoms with Crippen LogP contribution in [0.4, 0.5) is 0 Å². The van der Waals surface area contributed by atoms with E-state index >= 15 is 0 Å². The first-order valence-electron chi connectivity index (χ1n) is 7.39. The molecule has 0 fully saturated rings. The molecule has 0 atom stereocenters. The van der Waals surface area contributed by atoms with Crippen molar-refractivity contribution in [2.45, 2.75) is 6.92 Å². The van der Waals surface area contributed by atoms with E-state index in [4.69, 9.17) is 21.1 Å². The van der Waals surface area contributed by atoms with E-state index in [2.05, 4.69) is 42.7 Å². The van der Waals surface area contributed by atoms with Gasteiger partial charge < -0.3 is 9.47 Å². The summed E-state index contributed by atoms with van der Waals surface area (Å²) >= 11 is 12.5. The summed E-state index contributed by atoms with van der Waals surface area (Å²) in [6.07, 6.45) is 0. The molecule has 0 radical (unpaired) electrons. The molecule has 0 saturated heterocycles. The van der Waals surface area contributed by atoms with Gasteiger partial charge in [0.1, 0.15) is 11.5 Å². The summed E-state index contributed by atoms with van der Waals surface area (Å²) in [6, 6.07) is 10.3. The molecule has 0 unspecified atom stereocenters. The Morgan fingerprint density at radius 1 is 0.962 bits per heavy atom. The molecule has 0 aliphatic rings. The fraction of sp³-hybridized carbons (Fsp3) is 0.176. The van der Waals surface area contributed by atoms with Crippen LogP contribution in [-0.4, -0.2) is 25.0 Å². The van der Waals surface area contributed by atoms with Crippen molar-refractivity contribution in [3.05, 3.63) is 55.9 Å². The van der Waals surface area contributed by atoms with Crippen LogP contribution in [0.2, 0.25) is 5.02 Å². The molecule has 2 aromatic rings. The topological polar surface area (TPSA) is 76.7 Å². The highest BCUT2D eigenvalue weighted by Gasteiger charge is 2.08. The minimum absolute atomic E-state index is 0.231. The molecular formula is C17H15Br2ClN2O4. The maximum atomic E-state index is 11.7. The predicted molar refractivity (Wildman–Crippen MR) is 105 cm³/mol. The average molecular weight is 507 g/mol. The molecular weight excluding hydrogens is 491 g/mol. The van der Waals surface area contributed by atoms with Gasteiger partial charge in [-0.1, -0.05) is 27.5 Å². The number of hydrogen-bond acceptors (Lipinski definition) is 4. The molecule has 2 aromatic carbocycles. The third kappa shape index (κ3) is 6.51. The lowest BCUT2D eigenvalue weighted by molar-refractivity contribution is -0.131. The van der Waals surface area contributed by atoms with Crippen LogP contribution in [0.5, 0.6) is 11.5 Å². The zero-order valence-electron chi connectivity index (χ0n) is 13.6. The van der Waals surface area contributed by atoms with Crippen LogP contribution in [0.3, 0.4) is 0 Å². The number of aryl methyl sites for hydroxylation is 1. The first-order valence-corrected chi connectivity index (χ1v) is 9.36. The molecule has 2 rings (SSSR count). The Morgan fingerprint density at radius 2 is 1.62 bits per heavy atom. The highest BCUT2D eigenvalue weighted by Crippen LogP contribution is 2.27. The molecule has 0 aromatic heterocycles. The molecule has 6 nitrogen and oxygen atoms in total. The number of nitrogens with one attached hydrogen (secondary N) is 2. The molecule has 2 N–H and O–H groups in total. The quantitative estimate of drug-likeness (QED) is 0.585. The van der Waals surface area contributed by atoms with Crippen LogP contribution < -0.4 is 20.3 Å². The number of hydrogen-bond donors (Lipinski definition) is 2. The Morgan fingerprint density at radius 3 is 2.23 bits per heavy atom. The monoisotopic (exact) mass is 504 g/mol. The molecule has 0 aliphatic carbocycles. The molecule has 0 heterocycles. The summed E-state index contributed by atoms with van der Waals surface area (Å²) in [5, 5.41) is 0.543. The zero-order valence-corrected chi connectivity index (χ0v) is 17.6. The fourth-order valence-corrected chi connectivity index (χ4v) is 2.85. The Balaban J connectivity index is 1.71. The first kappa shape index (κ1) is 20.5. The van der Waals surface area contributed by atoms with E-state index in [1.807, 2.05) is 13.0 Å².